The third-order valence-electron chi connectivity index (χ3n) is 3.80. The third-order valence-corrected chi connectivity index (χ3v) is 5.42. The van der Waals surface area contributed by atoms with Crippen LogP contribution in [0.5, 0.6) is 0 Å². The molecule has 0 saturated heterocycles. The number of thiophene rings is 1. The van der Waals surface area contributed by atoms with Gasteiger partial charge in [-0.2, -0.15) is 0 Å². The Morgan fingerprint density at radius 2 is 2.16 bits per heavy atom. The van der Waals surface area contributed by atoms with Crippen LogP contribution in [0.2, 0.25) is 0 Å². The number of aryl methyl sites for hydroxylation is 3. The lowest BCUT2D eigenvalue weighted by Gasteiger charge is -2.26. The summed E-state index contributed by atoms with van der Waals surface area (Å²) < 4.78 is 1.17. The molecule has 1 N–H and O–H groups in total. The molecule has 1 nitrogen and oxygen atoms in total. The van der Waals surface area contributed by atoms with Gasteiger partial charge in [-0.15, -0.1) is 11.3 Å². The van der Waals surface area contributed by atoms with Crippen molar-refractivity contribution < 1.29 is 0 Å². The summed E-state index contributed by atoms with van der Waals surface area (Å²) in [5.74, 6) is 0. The standard InChI is InChI=1S/C16H18BrNS/c1-10-8-11(2)16(13(17)9-10)18-14-4-3-5-15-12(14)6-7-19-15/h6-9,14,18H,3-5H2,1-2H3. The van der Waals surface area contributed by atoms with E-state index in [1.54, 1.807) is 4.88 Å². The van der Waals surface area contributed by atoms with Crippen LogP contribution in [0.4, 0.5) is 5.69 Å². The van der Waals surface area contributed by atoms with E-state index in [0.717, 1.165) is 0 Å². The van der Waals surface area contributed by atoms with Gasteiger partial charge in [0.05, 0.1) is 11.7 Å². The number of fused-ring (bicyclic) bond motifs is 1. The molecule has 0 fully saturated rings. The molecule has 3 heteroatoms. The van der Waals surface area contributed by atoms with E-state index >= 15 is 0 Å². The molecular formula is C16H18BrNS. The first-order valence-electron chi connectivity index (χ1n) is 6.74. The summed E-state index contributed by atoms with van der Waals surface area (Å²) in [6.07, 6.45) is 3.76. The van der Waals surface area contributed by atoms with Crippen LogP contribution < -0.4 is 5.32 Å². The summed E-state index contributed by atoms with van der Waals surface area (Å²) in [7, 11) is 0. The monoisotopic (exact) mass is 335 g/mol. The molecule has 0 spiro atoms. The quantitative estimate of drug-likeness (QED) is 0.751. The fourth-order valence-electron chi connectivity index (χ4n) is 2.91. The van der Waals surface area contributed by atoms with E-state index in [4.69, 9.17) is 0 Å². The zero-order valence-corrected chi connectivity index (χ0v) is 13.7. The number of anilines is 1. The summed E-state index contributed by atoms with van der Waals surface area (Å²) in [4.78, 5) is 1.56. The highest BCUT2D eigenvalue weighted by molar-refractivity contribution is 9.10. The third kappa shape index (κ3) is 2.59. The molecule has 1 aliphatic rings. The minimum Gasteiger partial charge on any atom is -0.377 e. The molecule has 2 aromatic rings. The van der Waals surface area contributed by atoms with Gasteiger partial charge in [0, 0.05) is 9.35 Å². The van der Waals surface area contributed by atoms with Crippen molar-refractivity contribution in [3.63, 3.8) is 0 Å². The number of nitrogens with one attached hydrogen (secondary N) is 1. The summed E-state index contributed by atoms with van der Waals surface area (Å²) in [6.45, 7) is 4.32. The van der Waals surface area contributed by atoms with Gasteiger partial charge in [0.2, 0.25) is 0 Å². The van der Waals surface area contributed by atoms with Gasteiger partial charge in [-0.05, 0) is 83.2 Å². The van der Waals surface area contributed by atoms with E-state index in [0.29, 0.717) is 6.04 Å². The lowest BCUT2D eigenvalue weighted by atomic mass is 9.93. The van der Waals surface area contributed by atoms with Gasteiger partial charge >= 0.3 is 0 Å². The lowest BCUT2D eigenvalue weighted by Crippen LogP contribution is -2.16. The highest BCUT2D eigenvalue weighted by atomic mass is 79.9. The SMILES string of the molecule is Cc1cc(C)c(NC2CCCc3sccc32)c(Br)c1. The minimum absolute atomic E-state index is 0.465. The Kier molecular flexibility index (Phi) is 3.68. The van der Waals surface area contributed by atoms with Gasteiger partial charge in [-0.3, -0.25) is 0 Å². The van der Waals surface area contributed by atoms with Crippen molar-refractivity contribution in [1.29, 1.82) is 0 Å². The van der Waals surface area contributed by atoms with Crippen LogP contribution in [0.25, 0.3) is 0 Å². The van der Waals surface area contributed by atoms with E-state index < -0.39 is 0 Å². The molecule has 1 heterocycles. The average Bonchev–Trinajstić information content (AvgIpc) is 2.82. The van der Waals surface area contributed by atoms with Gasteiger partial charge in [0.15, 0.2) is 0 Å². The first-order valence-corrected chi connectivity index (χ1v) is 8.42. The molecule has 1 aromatic carbocycles. The average molecular weight is 336 g/mol. The highest BCUT2D eigenvalue weighted by Crippen LogP contribution is 2.38. The van der Waals surface area contributed by atoms with Gasteiger partial charge in [-0.1, -0.05) is 6.07 Å². The van der Waals surface area contributed by atoms with E-state index in [-0.39, 0.29) is 0 Å². The Balaban J connectivity index is 1.92. The van der Waals surface area contributed by atoms with Crippen molar-refractivity contribution in [3.05, 3.63) is 49.6 Å². The van der Waals surface area contributed by atoms with Crippen molar-refractivity contribution in [2.45, 2.75) is 39.2 Å². The number of rotatable bonds is 2. The van der Waals surface area contributed by atoms with Crippen molar-refractivity contribution in [3.8, 4) is 0 Å². The molecule has 0 saturated carbocycles. The van der Waals surface area contributed by atoms with Crippen LogP contribution in [0.3, 0.4) is 0 Å². The fourth-order valence-corrected chi connectivity index (χ4v) is 4.68. The van der Waals surface area contributed by atoms with E-state index in [2.05, 4.69) is 58.7 Å². The number of hydrogen-bond donors (Lipinski definition) is 1. The predicted molar refractivity (Wildman–Crippen MR) is 87.2 cm³/mol. The Labute approximate surface area is 127 Å². The van der Waals surface area contributed by atoms with Gasteiger partial charge < -0.3 is 5.32 Å². The topological polar surface area (TPSA) is 12.0 Å². The summed E-state index contributed by atoms with van der Waals surface area (Å²) in [6, 6.07) is 7.18. The van der Waals surface area contributed by atoms with Crippen molar-refractivity contribution in [2.24, 2.45) is 0 Å². The largest absolute Gasteiger partial charge is 0.377 e. The summed E-state index contributed by atoms with van der Waals surface area (Å²) >= 11 is 5.59. The molecule has 1 unspecified atom stereocenters. The number of halogens is 1. The molecular weight excluding hydrogens is 318 g/mol. The maximum atomic E-state index is 3.75. The molecule has 19 heavy (non-hydrogen) atoms. The van der Waals surface area contributed by atoms with E-state index in [1.165, 1.54) is 46.1 Å². The molecule has 1 aliphatic carbocycles. The first-order chi connectivity index (χ1) is 9.15. The normalized spacial score (nSPS) is 18.2. The van der Waals surface area contributed by atoms with Crippen LogP contribution in [0.15, 0.2) is 28.1 Å². The van der Waals surface area contributed by atoms with E-state index in [9.17, 15) is 0 Å². The Hall–Kier alpha value is -0.800. The second-order valence-electron chi connectivity index (χ2n) is 5.33. The molecule has 100 valence electrons. The second-order valence-corrected chi connectivity index (χ2v) is 7.18. The van der Waals surface area contributed by atoms with Crippen molar-refractivity contribution in [2.75, 3.05) is 5.32 Å². The zero-order valence-electron chi connectivity index (χ0n) is 11.3. The van der Waals surface area contributed by atoms with Crippen molar-refractivity contribution >= 4 is 33.0 Å². The van der Waals surface area contributed by atoms with Gasteiger partial charge in [0.25, 0.3) is 0 Å². The molecule has 0 amide bonds. The Morgan fingerprint density at radius 1 is 1.32 bits per heavy atom. The lowest BCUT2D eigenvalue weighted by molar-refractivity contribution is 0.608. The summed E-state index contributed by atoms with van der Waals surface area (Å²) in [5, 5.41) is 5.97. The molecule has 0 bridgehead atoms. The number of benzene rings is 1. The van der Waals surface area contributed by atoms with Crippen molar-refractivity contribution in [1.82, 2.24) is 0 Å². The van der Waals surface area contributed by atoms with Crippen LogP contribution in [0.1, 0.15) is 40.5 Å². The second kappa shape index (κ2) is 5.29. The Morgan fingerprint density at radius 3 is 2.95 bits per heavy atom. The smallest absolute Gasteiger partial charge is 0.0525 e. The fraction of sp³-hybridized carbons (Fsp3) is 0.375. The molecule has 0 radical (unpaired) electrons. The molecule has 3 rings (SSSR count). The van der Waals surface area contributed by atoms with Gasteiger partial charge in [-0.25, -0.2) is 0 Å². The van der Waals surface area contributed by atoms with Crippen LogP contribution >= 0.6 is 27.3 Å². The molecule has 1 aromatic heterocycles. The van der Waals surface area contributed by atoms with E-state index in [1.807, 2.05) is 11.3 Å². The minimum atomic E-state index is 0.465. The highest BCUT2D eigenvalue weighted by Gasteiger charge is 2.22. The molecule has 1 atom stereocenters. The van der Waals surface area contributed by atoms with Gasteiger partial charge in [0.1, 0.15) is 0 Å². The maximum absolute atomic E-state index is 3.75. The Bertz CT molecular complexity index is 580. The number of hydrogen-bond acceptors (Lipinski definition) is 2. The van der Waals surface area contributed by atoms with Crippen LogP contribution in [-0.2, 0) is 6.42 Å². The summed E-state index contributed by atoms with van der Waals surface area (Å²) in [5.41, 5.74) is 5.36. The zero-order chi connectivity index (χ0) is 13.4. The van der Waals surface area contributed by atoms with Crippen LogP contribution in [-0.4, -0.2) is 0 Å². The van der Waals surface area contributed by atoms with Crippen LogP contribution in [0, 0.1) is 13.8 Å². The predicted octanol–water partition coefficient (Wildman–Crippen LogP) is 5.62. The first kappa shape index (κ1) is 13.2. The molecule has 0 aliphatic heterocycles. The maximum Gasteiger partial charge on any atom is 0.0525 e.